The summed E-state index contributed by atoms with van der Waals surface area (Å²) in [5.41, 5.74) is 3.18. The first kappa shape index (κ1) is 16.6. The molecule has 0 atom stereocenters. The largest absolute Gasteiger partial charge is 0.335 e. The number of carbonyl (C=O) groups is 3. The summed E-state index contributed by atoms with van der Waals surface area (Å²) in [6.45, 7) is 3.92. The van der Waals surface area contributed by atoms with Crippen molar-refractivity contribution in [2.75, 3.05) is 4.90 Å². The van der Waals surface area contributed by atoms with E-state index in [0.717, 1.165) is 28.0 Å². The predicted molar refractivity (Wildman–Crippen MR) is 96.0 cm³/mol. The van der Waals surface area contributed by atoms with Gasteiger partial charge in [-0.3, -0.25) is 14.9 Å². The normalized spacial score (nSPS) is 16.3. The summed E-state index contributed by atoms with van der Waals surface area (Å²) < 4.78 is 0. The monoisotopic (exact) mass is 334 g/mol. The average Bonchev–Trinajstić information content (AvgIpc) is 2.59. The van der Waals surface area contributed by atoms with Crippen molar-refractivity contribution in [3.05, 3.63) is 70.8 Å². The molecule has 4 amide bonds. The number of imide groups is 2. The molecule has 0 unspecified atom stereocenters. The average molecular weight is 334 g/mol. The van der Waals surface area contributed by atoms with Crippen molar-refractivity contribution in [3.8, 4) is 0 Å². The van der Waals surface area contributed by atoms with E-state index in [0.29, 0.717) is 5.69 Å². The molecule has 1 aliphatic heterocycles. The van der Waals surface area contributed by atoms with Crippen LogP contribution in [-0.4, -0.2) is 17.8 Å². The Morgan fingerprint density at radius 2 is 1.76 bits per heavy atom. The van der Waals surface area contributed by atoms with Crippen molar-refractivity contribution in [2.45, 2.75) is 20.3 Å². The first-order chi connectivity index (χ1) is 12.0. The van der Waals surface area contributed by atoms with Gasteiger partial charge in [-0.05, 0) is 48.2 Å². The van der Waals surface area contributed by atoms with Crippen LogP contribution in [0.5, 0.6) is 0 Å². The van der Waals surface area contributed by atoms with Crippen LogP contribution in [-0.2, 0) is 16.0 Å². The maximum absolute atomic E-state index is 12.8. The highest BCUT2D eigenvalue weighted by Crippen LogP contribution is 2.22. The van der Waals surface area contributed by atoms with Gasteiger partial charge in [0.2, 0.25) is 0 Å². The number of carbonyl (C=O) groups excluding carboxylic acids is 3. The SMILES string of the molecule is CCc1ccc(/C=C2/C(=O)NC(=O)N(c3cccc(C)c3)C2=O)cc1. The van der Waals surface area contributed by atoms with Crippen molar-refractivity contribution in [3.63, 3.8) is 0 Å². The van der Waals surface area contributed by atoms with Gasteiger partial charge in [0.15, 0.2) is 0 Å². The number of benzene rings is 2. The van der Waals surface area contributed by atoms with Crippen LogP contribution in [0, 0.1) is 6.92 Å². The molecule has 1 N–H and O–H groups in total. The zero-order valence-corrected chi connectivity index (χ0v) is 14.1. The molecule has 5 heteroatoms. The maximum atomic E-state index is 12.8. The maximum Gasteiger partial charge on any atom is 0.335 e. The van der Waals surface area contributed by atoms with Crippen molar-refractivity contribution in [1.29, 1.82) is 0 Å². The number of aryl methyl sites for hydroxylation is 2. The molecule has 0 aromatic heterocycles. The highest BCUT2D eigenvalue weighted by molar-refractivity contribution is 6.39. The fourth-order valence-corrected chi connectivity index (χ4v) is 2.68. The van der Waals surface area contributed by atoms with E-state index >= 15 is 0 Å². The fraction of sp³-hybridized carbons (Fsp3) is 0.150. The minimum Gasteiger partial charge on any atom is -0.273 e. The molecule has 0 bridgehead atoms. The van der Waals surface area contributed by atoms with Crippen LogP contribution < -0.4 is 10.2 Å². The first-order valence-electron chi connectivity index (χ1n) is 8.06. The molecule has 1 aliphatic rings. The Hall–Kier alpha value is -3.21. The number of urea groups is 1. The molecule has 126 valence electrons. The van der Waals surface area contributed by atoms with Gasteiger partial charge in [0.25, 0.3) is 11.8 Å². The number of hydrogen-bond acceptors (Lipinski definition) is 3. The minimum absolute atomic E-state index is 0.0645. The van der Waals surface area contributed by atoms with E-state index < -0.39 is 17.8 Å². The second-order valence-electron chi connectivity index (χ2n) is 5.89. The summed E-state index contributed by atoms with van der Waals surface area (Å²) in [7, 11) is 0. The van der Waals surface area contributed by atoms with E-state index in [1.807, 2.05) is 37.3 Å². The van der Waals surface area contributed by atoms with Crippen molar-refractivity contribution >= 4 is 29.6 Å². The van der Waals surface area contributed by atoms with E-state index in [1.54, 1.807) is 18.2 Å². The Balaban J connectivity index is 1.98. The topological polar surface area (TPSA) is 66.5 Å². The van der Waals surface area contributed by atoms with E-state index in [9.17, 15) is 14.4 Å². The number of barbiturate groups is 1. The third kappa shape index (κ3) is 3.35. The van der Waals surface area contributed by atoms with Gasteiger partial charge >= 0.3 is 6.03 Å². The van der Waals surface area contributed by atoms with Crippen LogP contribution in [0.25, 0.3) is 6.08 Å². The molecular formula is C20H18N2O3. The van der Waals surface area contributed by atoms with Gasteiger partial charge in [0.05, 0.1) is 5.69 Å². The van der Waals surface area contributed by atoms with Gasteiger partial charge in [-0.2, -0.15) is 0 Å². The van der Waals surface area contributed by atoms with Crippen LogP contribution in [0.2, 0.25) is 0 Å². The van der Waals surface area contributed by atoms with E-state index in [4.69, 9.17) is 0 Å². The van der Waals surface area contributed by atoms with Gasteiger partial charge in [0.1, 0.15) is 5.57 Å². The Morgan fingerprint density at radius 3 is 2.40 bits per heavy atom. The van der Waals surface area contributed by atoms with Crippen molar-refractivity contribution in [2.24, 2.45) is 0 Å². The molecule has 1 saturated heterocycles. The second kappa shape index (κ2) is 6.73. The first-order valence-corrected chi connectivity index (χ1v) is 8.06. The molecule has 0 aliphatic carbocycles. The number of nitrogens with one attached hydrogen (secondary N) is 1. The Kier molecular flexibility index (Phi) is 4.48. The molecule has 0 radical (unpaired) electrons. The molecule has 0 spiro atoms. The van der Waals surface area contributed by atoms with Crippen LogP contribution >= 0.6 is 0 Å². The van der Waals surface area contributed by atoms with Crippen LogP contribution in [0.1, 0.15) is 23.6 Å². The number of rotatable bonds is 3. The third-order valence-corrected chi connectivity index (χ3v) is 4.06. The van der Waals surface area contributed by atoms with Gasteiger partial charge in [-0.15, -0.1) is 0 Å². The lowest BCUT2D eigenvalue weighted by atomic mass is 10.0. The van der Waals surface area contributed by atoms with Crippen molar-refractivity contribution < 1.29 is 14.4 Å². The van der Waals surface area contributed by atoms with Gasteiger partial charge < -0.3 is 0 Å². The lowest BCUT2D eigenvalue weighted by molar-refractivity contribution is -0.122. The summed E-state index contributed by atoms with van der Waals surface area (Å²) in [6.07, 6.45) is 2.41. The summed E-state index contributed by atoms with van der Waals surface area (Å²) in [6, 6.07) is 13.9. The molecule has 5 nitrogen and oxygen atoms in total. The molecule has 25 heavy (non-hydrogen) atoms. The molecule has 1 fully saturated rings. The number of amides is 4. The van der Waals surface area contributed by atoms with Gasteiger partial charge in [-0.25, -0.2) is 9.69 Å². The zero-order valence-electron chi connectivity index (χ0n) is 14.1. The third-order valence-electron chi connectivity index (χ3n) is 4.06. The minimum atomic E-state index is -0.737. The number of nitrogens with zero attached hydrogens (tertiary/aromatic N) is 1. The highest BCUT2D eigenvalue weighted by Gasteiger charge is 2.36. The molecule has 2 aromatic rings. The van der Waals surface area contributed by atoms with E-state index in [-0.39, 0.29) is 5.57 Å². The van der Waals surface area contributed by atoms with Crippen LogP contribution in [0.3, 0.4) is 0 Å². The Morgan fingerprint density at radius 1 is 1.04 bits per heavy atom. The second-order valence-corrected chi connectivity index (χ2v) is 5.89. The smallest absolute Gasteiger partial charge is 0.273 e. The van der Waals surface area contributed by atoms with Crippen molar-refractivity contribution in [1.82, 2.24) is 5.32 Å². The molecule has 0 saturated carbocycles. The summed E-state index contributed by atoms with van der Waals surface area (Å²) in [5, 5.41) is 2.23. The molecule has 1 heterocycles. The van der Waals surface area contributed by atoms with Gasteiger partial charge in [-0.1, -0.05) is 43.3 Å². The van der Waals surface area contributed by atoms with Crippen LogP contribution in [0.4, 0.5) is 10.5 Å². The molecule has 2 aromatic carbocycles. The lowest BCUT2D eigenvalue weighted by Gasteiger charge is -2.26. The summed E-state index contributed by atoms with van der Waals surface area (Å²) in [4.78, 5) is 38.0. The van der Waals surface area contributed by atoms with Gasteiger partial charge in [0, 0.05) is 0 Å². The standard InChI is InChI=1S/C20H18N2O3/c1-3-14-7-9-15(10-8-14)12-17-18(23)21-20(25)22(19(17)24)16-6-4-5-13(2)11-16/h4-12H,3H2,1-2H3,(H,21,23,25)/b17-12-. The van der Waals surface area contributed by atoms with E-state index in [1.165, 1.54) is 6.08 Å². The zero-order chi connectivity index (χ0) is 18.0. The number of anilines is 1. The molecule has 3 rings (SSSR count). The fourth-order valence-electron chi connectivity index (χ4n) is 2.68. The lowest BCUT2D eigenvalue weighted by Crippen LogP contribution is -2.54. The highest BCUT2D eigenvalue weighted by atomic mass is 16.2. The number of hydrogen-bond donors (Lipinski definition) is 1. The van der Waals surface area contributed by atoms with Crippen LogP contribution in [0.15, 0.2) is 54.1 Å². The Bertz CT molecular complexity index is 882. The summed E-state index contributed by atoms with van der Waals surface area (Å²) in [5.74, 6) is -1.31. The Labute approximate surface area is 146 Å². The quantitative estimate of drug-likeness (QED) is 0.692. The summed E-state index contributed by atoms with van der Waals surface area (Å²) >= 11 is 0. The molecular weight excluding hydrogens is 316 g/mol. The predicted octanol–water partition coefficient (Wildman–Crippen LogP) is 3.22. The van der Waals surface area contributed by atoms with E-state index in [2.05, 4.69) is 12.2 Å².